The molecule has 3 rings (SSSR count). The Bertz CT molecular complexity index is 907. The zero-order valence-corrected chi connectivity index (χ0v) is 14.7. The molecule has 24 heavy (non-hydrogen) atoms. The predicted octanol–water partition coefficient (Wildman–Crippen LogP) is 5.39. The average molecular weight is 385 g/mol. The number of nitrogens with one attached hydrogen (secondary N) is 1. The first-order valence-electron chi connectivity index (χ1n) is 6.97. The van der Waals surface area contributed by atoms with E-state index in [-0.39, 0.29) is 21.4 Å². The average Bonchev–Trinajstić information content (AvgIpc) is 2.91. The van der Waals surface area contributed by atoms with Gasteiger partial charge in [0.2, 0.25) is 0 Å². The van der Waals surface area contributed by atoms with Gasteiger partial charge in [0.1, 0.15) is 5.82 Å². The molecule has 1 heterocycles. The summed E-state index contributed by atoms with van der Waals surface area (Å²) in [4.78, 5) is 16.6. The summed E-state index contributed by atoms with van der Waals surface area (Å²) >= 11 is 13.4. The smallest absolute Gasteiger partial charge is 0.257 e. The third-order valence-electron chi connectivity index (χ3n) is 3.12. The quantitative estimate of drug-likeness (QED) is 0.655. The first-order valence-corrected chi connectivity index (χ1v) is 8.54. The van der Waals surface area contributed by atoms with E-state index in [1.807, 2.05) is 6.92 Å². The second kappa shape index (κ2) is 6.93. The van der Waals surface area contributed by atoms with Crippen LogP contribution in [0.25, 0.3) is 10.2 Å². The Morgan fingerprint density at radius 2 is 2.00 bits per heavy atom. The summed E-state index contributed by atoms with van der Waals surface area (Å²) in [6.45, 7) is 2.22. The number of anilines is 1. The number of rotatable bonds is 4. The maximum atomic E-state index is 13.2. The van der Waals surface area contributed by atoms with Crippen LogP contribution in [0.5, 0.6) is 5.75 Å². The van der Waals surface area contributed by atoms with Gasteiger partial charge < -0.3 is 4.74 Å². The fourth-order valence-corrected chi connectivity index (χ4v) is 3.58. The molecule has 3 aromatic rings. The van der Waals surface area contributed by atoms with Crippen LogP contribution >= 0.6 is 34.5 Å². The second-order valence-electron chi connectivity index (χ2n) is 4.79. The van der Waals surface area contributed by atoms with Gasteiger partial charge in [-0.25, -0.2) is 9.37 Å². The minimum absolute atomic E-state index is 0.251. The van der Waals surface area contributed by atoms with Crippen LogP contribution < -0.4 is 10.1 Å². The predicted molar refractivity (Wildman–Crippen MR) is 95.2 cm³/mol. The van der Waals surface area contributed by atoms with E-state index in [9.17, 15) is 9.18 Å². The summed E-state index contributed by atoms with van der Waals surface area (Å²) in [5.74, 6) is -0.427. The molecular weight excluding hydrogens is 374 g/mol. The van der Waals surface area contributed by atoms with Crippen LogP contribution in [0, 0.1) is 5.82 Å². The van der Waals surface area contributed by atoms with Gasteiger partial charge in [0.05, 0.1) is 26.9 Å². The number of thiazole rings is 1. The number of aromatic nitrogens is 1. The van der Waals surface area contributed by atoms with Crippen molar-refractivity contribution < 1.29 is 13.9 Å². The van der Waals surface area contributed by atoms with Crippen LogP contribution in [0.1, 0.15) is 17.3 Å². The molecule has 0 aliphatic heterocycles. The van der Waals surface area contributed by atoms with Gasteiger partial charge in [0.25, 0.3) is 5.91 Å². The lowest BCUT2D eigenvalue weighted by molar-refractivity contribution is 0.102. The maximum absolute atomic E-state index is 13.2. The van der Waals surface area contributed by atoms with Crippen LogP contribution in [-0.2, 0) is 0 Å². The number of amides is 1. The highest BCUT2D eigenvalue weighted by atomic mass is 35.5. The molecule has 2 aromatic carbocycles. The van der Waals surface area contributed by atoms with Crippen LogP contribution in [0.15, 0.2) is 30.3 Å². The Morgan fingerprint density at radius 1 is 1.29 bits per heavy atom. The molecule has 1 aromatic heterocycles. The second-order valence-corrected chi connectivity index (χ2v) is 6.63. The first kappa shape index (κ1) is 17.0. The van der Waals surface area contributed by atoms with E-state index in [1.54, 1.807) is 6.07 Å². The summed E-state index contributed by atoms with van der Waals surface area (Å²) in [7, 11) is 0. The number of halogens is 3. The fourth-order valence-electron chi connectivity index (χ4n) is 2.09. The lowest BCUT2D eigenvalue weighted by Crippen LogP contribution is -2.12. The van der Waals surface area contributed by atoms with Gasteiger partial charge in [-0.3, -0.25) is 10.1 Å². The number of benzene rings is 2. The number of ether oxygens (including phenoxy) is 1. The highest BCUT2D eigenvalue weighted by molar-refractivity contribution is 7.22. The lowest BCUT2D eigenvalue weighted by Gasteiger charge is -2.10. The summed E-state index contributed by atoms with van der Waals surface area (Å²) in [6.07, 6.45) is 0. The Morgan fingerprint density at radius 3 is 2.67 bits per heavy atom. The van der Waals surface area contributed by atoms with Gasteiger partial charge >= 0.3 is 0 Å². The van der Waals surface area contributed by atoms with Gasteiger partial charge in [0.15, 0.2) is 10.9 Å². The number of carbonyl (C=O) groups excluding carboxylic acids is 1. The Balaban J connectivity index is 1.86. The van der Waals surface area contributed by atoms with Crippen LogP contribution in [0.4, 0.5) is 9.52 Å². The van der Waals surface area contributed by atoms with Crippen molar-refractivity contribution >= 4 is 55.8 Å². The summed E-state index contributed by atoms with van der Waals surface area (Å²) in [6, 6.07) is 7.19. The highest BCUT2D eigenvalue weighted by Gasteiger charge is 2.15. The molecular formula is C16H11Cl2FN2O2S. The van der Waals surface area contributed by atoms with Crippen LogP contribution in [-0.4, -0.2) is 17.5 Å². The molecule has 0 aliphatic carbocycles. The van der Waals surface area contributed by atoms with Gasteiger partial charge in [0, 0.05) is 5.56 Å². The van der Waals surface area contributed by atoms with Crippen molar-refractivity contribution in [3.63, 3.8) is 0 Å². The minimum atomic E-state index is -0.415. The third-order valence-corrected chi connectivity index (χ3v) is 4.62. The molecule has 0 unspecified atom stereocenters. The van der Waals surface area contributed by atoms with E-state index >= 15 is 0 Å². The van der Waals surface area contributed by atoms with Crippen LogP contribution in [0.2, 0.25) is 10.0 Å². The molecule has 4 nitrogen and oxygen atoms in total. The standard InChI is InChI=1S/C16H11Cl2FN2O2S/c1-2-23-14-10(17)5-8(6-11(14)18)15(22)21-16-20-12-4-3-9(19)7-13(12)24-16/h3-7H,2H2,1H3,(H,20,21,22). The van der Waals surface area contributed by atoms with Gasteiger partial charge in [-0.15, -0.1) is 0 Å². The van der Waals surface area contributed by atoms with E-state index in [2.05, 4.69) is 10.3 Å². The van der Waals surface area contributed by atoms with E-state index in [0.29, 0.717) is 27.7 Å². The Kier molecular flexibility index (Phi) is 4.89. The Labute approximate surface area is 151 Å². The number of carbonyl (C=O) groups is 1. The molecule has 0 saturated heterocycles. The van der Waals surface area contributed by atoms with E-state index in [0.717, 1.165) is 0 Å². The van der Waals surface area contributed by atoms with Crippen molar-refractivity contribution in [3.05, 3.63) is 51.8 Å². The molecule has 0 fully saturated rings. The van der Waals surface area contributed by atoms with Crippen molar-refractivity contribution in [3.8, 4) is 5.75 Å². The molecule has 0 radical (unpaired) electrons. The molecule has 1 amide bonds. The Hall–Kier alpha value is -1.89. The number of hydrogen-bond donors (Lipinski definition) is 1. The molecule has 0 bridgehead atoms. The van der Waals surface area contributed by atoms with Crippen molar-refractivity contribution in [1.82, 2.24) is 4.98 Å². The van der Waals surface area contributed by atoms with Crippen molar-refractivity contribution in [1.29, 1.82) is 0 Å². The largest absolute Gasteiger partial charge is 0.491 e. The van der Waals surface area contributed by atoms with Crippen molar-refractivity contribution in [2.24, 2.45) is 0 Å². The topological polar surface area (TPSA) is 51.2 Å². The summed E-state index contributed by atoms with van der Waals surface area (Å²) < 4.78 is 19.2. The third kappa shape index (κ3) is 3.45. The molecule has 1 N–H and O–H groups in total. The monoisotopic (exact) mass is 384 g/mol. The zero-order valence-electron chi connectivity index (χ0n) is 12.4. The molecule has 8 heteroatoms. The van der Waals surface area contributed by atoms with Crippen molar-refractivity contribution in [2.75, 3.05) is 11.9 Å². The number of fused-ring (bicyclic) bond motifs is 1. The van der Waals surface area contributed by atoms with Gasteiger partial charge in [-0.1, -0.05) is 34.5 Å². The molecule has 0 aliphatic rings. The summed E-state index contributed by atoms with van der Waals surface area (Å²) in [5.41, 5.74) is 0.887. The van der Waals surface area contributed by atoms with Crippen LogP contribution in [0.3, 0.4) is 0 Å². The van der Waals surface area contributed by atoms with E-state index in [4.69, 9.17) is 27.9 Å². The van der Waals surface area contributed by atoms with Crippen molar-refractivity contribution in [2.45, 2.75) is 6.92 Å². The normalized spacial score (nSPS) is 10.8. The maximum Gasteiger partial charge on any atom is 0.257 e. The number of hydrogen-bond acceptors (Lipinski definition) is 4. The molecule has 0 atom stereocenters. The lowest BCUT2D eigenvalue weighted by atomic mass is 10.2. The summed E-state index contributed by atoms with van der Waals surface area (Å²) in [5, 5.41) is 3.53. The molecule has 0 spiro atoms. The van der Waals surface area contributed by atoms with Gasteiger partial charge in [-0.05, 0) is 37.3 Å². The SMILES string of the molecule is CCOc1c(Cl)cc(C(=O)Nc2nc3ccc(F)cc3s2)cc1Cl. The molecule has 124 valence electrons. The van der Waals surface area contributed by atoms with E-state index < -0.39 is 5.91 Å². The minimum Gasteiger partial charge on any atom is -0.491 e. The highest BCUT2D eigenvalue weighted by Crippen LogP contribution is 2.34. The van der Waals surface area contributed by atoms with Gasteiger partial charge in [-0.2, -0.15) is 0 Å². The van der Waals surface area contributed by atoms with E-state index in [1.165, 1.54) is 35.6 Å². The fraction of sp³-hybridized carbons (Fsp3) is 0.125. The first-order chi connectivity index (χ1) is 11.5. The molecule has 0 saturated carbocycles. The zero-order chi connectivity index (χ0) is 17.3. The number of nitrogens with zero attached hydrogens (tertiary/aromatic N) is 1.